The molecule has 0 radical (unpaired) electrons. The fraction of sp³-hybridized carbons (Fsp3) is 0.381. The average Bonchev–Trinajstić information content (AvgIpc) is 3.67. The highest BCUT2D eigenvalue weighted by atomic mass is 32.2. The second-order valence-corrected chi connectivity index (χ2v) is 10.7. The number of aryl methyl sites for hydroxylation is 1. The predicted octanol–water partition coefficient (Wildman–Crippen LogP) is 3.60. The molecule has 0 bridgehead atoms. The van der Waals surface area contributed by atoms with E-state index in [1.54, 1.807) is 6.20 Å². The van der Waals surface area contributed by atoms with E-state index in [4.69, 9.17) is 0 Å². The monoisotopic (exact) mass is 540 g/mol. The van der Waals surface area contributed by atoms with Crippen molar-refractivity contribution in [2.45, 2.75) is 42.7 Å². The van der Waals surface area contributed by atoms with Crippen molar-refractivity contribution >= 4 is 21.0 Å². The van der Waals surface area contributed by atoms with E-state index in [0.29, 0.717) is 6.07 Å². The molecule has 1 aliphatic carbocycles. The van der Waals surface area contributed by atoms with Gasteiger partial charge in [-0.2, -0.15) is 27.1 Å². The van der Waals surface area contributed by atoms with Crippen LogP contribution in [0, 0.1) is 0 Å². The van der Waals surface area contributed by atoms with Gasteiger partial charge in [0, 0.05) is 24.7 Å². The zero-order chi connectivity index (χ0) is 26.8. The smallest absolute Gasteiger partial charge is 0.309 e. The maximum atomic E-state index is 13.8. The summed E-state index contributed by atoms with van der Waals surface area (Å²) in [7, 11) is -2.54. The molecule has 1 fully saturated rings. The van der Waals surface area contributed by atoms with Gasteiger partial charge in [0.1, 0.15) is 16.9 Å². The third kappa shape index (κ3) is 4.28. The Hall–Kier alpha value is -3.69. The van der Waals surface area contributed by atoms with E-state index in [1.165, 1.54) is 30.8 Å². The molecule has 0 saturated heterocycles. The van der Waals surface area contributed by atoms with Gasteiger partial charge >= 0.3 is 12.1 Å². The lowest BCUT2D eigenvalue weighted by Crippen LogP contribution is -2.34. The number of imidazole rings is 1. The van der Waals surface area contributed by atoms with Gasteiger partial charge in [-0.05, 0) is 25.0 Å². The van der Waals surface area contributed by atoms with Gasteiger partial charge in [-0.3, -0.25) is 4.98 Å². The van der Waals surface area contributed by atoms with Crippen LogP contribution in [0.1, 0.15) is 37.1 Å². The molecule has 0 N–H and O–H groups in total. The van der Waals surface area contributed by atoms with Crippen LogP contribution in [0.5, 0.6) is 0 Å². The molecule has 16 heteroatoms. The van der Waals surface area contributed by atoms with E-state index in [0.717, 1.165) is 18.5 Å². The Morgan fingerprint density at radius 3 is 2.41 bits per heavy atom. The van der Waals surface area contributed by atoms with Gasteiger partial charge in [0.2, 0.25) is 0 Å². The van der Waals surface area contributed by atoms with Crippen LogP contribution in [0.2, 0.25) is 0 Å². The summed E-state index contributed by atoms with van der Waals surface area (Å²) in [5.74, 6) is -5.24. The second-order valence-electron chi connectivity index (χ2n) is 8.46. The maximum absolute atomic E-state index is 13.8. The lowest BCUT2D eigenvalue weighted by Gasteiger charge is -2.17. The number of nitrogens with zero attached hydrogens (tertiary/aromatic N) is 8. The van der Waals surface area contributed by atoms with Crippen molar-refractivity contribution in [1.29, 1.82) is 0 Å². The van der Waals surface area contributed by atoms with Crippen LogP contribution in [0.3, 0.4) is 0 Å². The van der Waals surface area contributed by atoms with Gasteiger partial charge in [0.05, 0.1) is 22.5 Å². The van der Waals surface area contributed by atoms with Crippen molar-refractivity contribution in [1.82, 2.24) is 39.9 Å². The standard InChI is InChI=1S/C21H17F5N8O2S/c1-3-37(35,36)14-6-11(17-29-13(9-28-32-17)10-4-5-10)8-27-16(14)19-30-12-7-15(20(22,23)21(24,25)26)31-33-18(12)34(19)2/h6-10H,3-5H2,1-2H3. The number of aromatic nitrogens is 8. The number of pyridine rings is 1. The molecule has 37 heavy (non-hydrogen) atoms. The Morgan fingerprint density at radius 1 is 1.03 bits per heavy atom. The molecule has 1 saturated carbocycles. The van der Waals surface area contributed by atoms with Crippen molar-refractivity contribution in [2.75, 3.05) is 5.75 Å². The van der Waals surface area contributed by atoms with Gasteiger partial charge in [0.15, 0.2) is 27.1 Å². The number of alkyl halides is 5. The first-order valence-electron chi connectivity index (χ1n) is 10.9. The minimum absolute atomic E-state index is 0.124. The van der Waals surface area contributed by atoms with Gasteiger partial charge in [0.25, 0.3) is 0 Å². The van der Waals surface area contributed by atoms with Crippen LogP contribution in [0.25, 0.3) is 34.1 Å². The summed E-state index contributed by atoms with van der Waals surface area (Å²) in [4.78, 5) is 12.5. The zero-order valence-corrected chi connectivity index (χ0v) is 20.0. The fourth-order valence-corrected chi connectivity index (χ4v) is 4.69. The molecule has 0 atom stereocenters. The largest absolute Gasteiger partial charge is 0.459 e. The van der Waals surface area contributed by atoms with Crippen LogP contribution in [0.4, 0.5) is 22.0 Å². The second kappa shape index (κ2) is 8.43. The van der Waals surface area contributed by atoms with Crippen LogP contribution >= 0.6 is 0 Å². The first-order chi connectivity index (χ1) is 17.3. The molecule has 4 aromatic heterocycles. The fourth-order valence-electron chi connectivity index (χ4n) is 3.64. The predicted molar refractivity (Wildman–Crippen MR) is 118 cm³/mol. The zero-order valence-electron chi connectivity index (χ0n) is 19.2. The third-order valence-electron chi connectivity index (χ3n) is 5.91. The van der Waals surface area contributed by atoms with Crippen LogP contribution in [-0.4, -0.2) is 60.3 Å². The highest BCUT2D eigenvalue weighted by molar-refractivity contribution is 7.91. The molecule has 0 aliphatic heterocycles. The van der Waals surface area contributed by atoms with E-state index in [2.05, 4.69) is 35.3 Å². The van der Waals surface area contributed by atoms with E-state index >= 15 is 0 Å². The number of halogens is 5. The molecule has 1 aliphatic rings. The van der Waals surface area contributed by atoms with Gasteiger partial charge < -0.3 is 4.57 Å². The van der Waals surface area contributed by atoms with Crippen LogP contribution in [0.15, 0.2) is 29.4 Å². The lowest BCUT2D eigenvalue weighted by molar-refractivity contribution is -0.291. The Labute approximate surface area is 205 Å². The summed E-state index contributed by atoms with van der Waals surface area (Å²) in [6.45, 7) is 1.42. The topological polar surface area (TPSA) is 129 Å². The molecule has 4 aromatic rings. The van der Waals surface area contributed by atoms with Crippen molar-refractivity contribution in [2.24, 2.45) is 7.05 Å². The summed E-state index contributed by atoms with van der Waals surface area (Å²) in [5, 5.41) is 14.4. The third-order valence-corrected chi connectivity index (χ3v) is 7.65. The number of fused-ring (bicyclic) bond motifs is 1. The van der Waals surface area contributed by atoms with Crippen LogP contribution in [-0.2, 0) is 22.8 Å². The molecule has 5 rings (SSSR count). The Bertz CT molecular complexity index is 1630. The maximum Gasteiger partial charge on any atom is 0.459 e. The molecule has 10 nitrogen and oxygen atoms in total. The summed E-state index contributed by atoms with van der Waals surface area (Å²) in [6.07, 6.45) is -1.09. The van der Waals surface area contributed by atoms with Crippen molar-refractivity contribution in [3.8, 4) is 22.9 Å². The van der Waals surface area contributed by atoms with Crippen molar-refractivity contribution in [3.63, 3.8) is 0 Å². The summed E-state index contributed by atoms with van der Waals surface area (Å²) < 4.78 is 93.2. The van der Waals surface area contributed by atoms with Gasteiger partial charge in [-0.1, -0.05) is 6.92 Å². The normalized spacial score (nSPS) is 14.9. The molecule has 0 spiro atoms. The van der Waals surface area contributed by atoms with Crippen LogP contribution < -0.4 is 0 Å². The van der Waals surface area contributed by atoms with E-state index in [-0.39, 0.29) is 50.6 Å². The Morgan fingerprint density at radius 2 is 1.76 bits per heavy atom. The van der Waals surface area contributed by atoms with Crippen molar-refractivity contribution < 1.29 is 30.4 Å². The Balaban J connectivity index is 1.66. The van der Waals surface area contributed by atoms with Gasteiger partial charge in [-0.15, -0.1) is 15.3 Å². The van der Waals surface area contributed by atoms with E-state index in [9.17, 15) is 30.4 Å². The quantitative estimate of drug-likeness (QED) is 0.337. The summed E-state index contributed by atoms with van der Waals surface area (Å²) in [6, 6.07) is 1.77. The molecule has 0 amide bonds. The minimum atomic E-state index is -5.89. The minimum Gasteiger partial charge on any atom is -0.309 e. The highest BCUT2D eigenvalue weighted by Crippen LogP contribution is 2.43. The summed E-state index contributed by atoms with van der Waals surface area (Å²) >= 11 is 0. The average molecular weight is 540 g/mol. The number of hydrogen-bond acceptors (Lipinski definition) is 9. The highest BCUT2D eigenvalue weighted by Gasteiger charge is 2.60. The van der Waals surface area contributed by atoms with Crippen molar-refractivity contribution in [3.05, 3.63) is 35.9 Å². The lowest BCUT2D eigenvalue weighted by atomic mass is 10.2. The molecule has 4 heterocycles. The SMILES string of the molecule is CCS(=O)(=O)c1cc(-c2nncc(C3CC3)n2)cnc1-c1nc2cc(C(F)(F)C(F)(F)F)nnc2n1C. The first-order valence-corrected chi connectivity index (χ1v) is 12.6. The number of sulfone groups is 1. The molecule has 0 aromatic carbocycles. The first kappa shape index (κ1) is 25.0. The molecular weight excluding hydrogens is 523 g/mol. The molecular formula is C21H17F5N8O2S. The van der Waals surface area contributed by atoms with E-state index in [1.807, 2.05) is 0 Å². The van der Waals surface area contributed by atoms with E-state index < -0.39 is 27.6 Å². The molecule has 0 unspecified atom stereocenters. The summed E-state index contributed by atoms with van der Waals surface area (Å²) in [5.41, 5.74) is -1.27. The number of hydrogen-bond donors (Lipinski definition) is 0. The molecule has 194 valence electrons. The van der Waals surface area contributed by atoms with Gasteiger partial charge in [-0.25, -0.2) is 18.4 Å². The number of rotatable bonds is 6. The Kier molecular flexibility index (Phi) is 5.69.